The lowest BCUT2D eigenvalue weighted by Gasteiger charge is -2.32. The van der Waals surface area contributed by atoms with Gasteiger partial charge in [-0.25, -0.2) is 0 Å². The van der Waals surface area contributed by atoms with Crippen molar-refractivity contribution < 1.29 is 14.3 Å². The average Bonchev–Trinajstić information content (AvgIpc) is 2.72. The molecule has 0 atom stereocenters. The van der Waals surface area contributed by atoms with Crippen molar-refractivity contribution in [1.29, 1.82) is 0 Å². The maximum atomic E-state index is 13.4. The highest BCUT2D eigenvalue weighted by Gasteiger charge is 2.45. The Bertz CT molecular complexity index is 901. The van der Waals surface area contributed by atoms with Crippen LogP contribution < -0.4 is 5.32 Å². The van der Waals surface area contributed by atoms with Gasteiger partial charge in [-0.05, 0) is 17.7 Å². The molecular formula is C23H20ClNO3. The number of halogens is 1. The van der Waals surface area contributed by atoms with Gasteiger partial charge in [-0.2, -0.15) is 0 Å². The number of amides is 1. The number of benzene rings is 3. The average molecular weight is 394 g/mol. The number of nitrogens with one attached hydrogen (secondary N) is 1. The van der Waals surface area contributed by atoms with Gasteiger partial charge in [0.15, 0.2) is 0 Å². The SMILES string of the molecule is CC(=O)OC(C(=O)NCc1ccc(Cl)cc1)(c1ccccc1)c1ccccc1. The summed E-state index contributed by atoms with van der Waals surface area (Å²) in [6, 6.07) is 25.2. The van der Waals surface area contributed by atoms with E-state index in [1.54, 1.807) is 36.4 Å². The number of ether oxygens (including phenoxy) is 1. The van der Waals surface area contributed by atoms with Crippen LogP contribution in [-0.2, 0) is 26.5 Å². The molecule has 0 aliphatic rings. The van der Waals surface area contributed by atoms with Crippen LogP contribution in [0.1, 0.15) is 23.6 Å². The molecule has 0 spiro atoms. The molecule has 142 valence electrons. The second-order valence-electron chi connectivity index (χ2n) is 6.32. The molecule has 1 N–H and O–H groups in total. The summed E-state index contributed by atoms with van der Waals surface area (Å²) in [5.41, 5.74) is 0.450. The molecule has 0 aromatic heterocycles. The Balaban J connectivity index is 2.02. The Labute approximate surface area is 169 Å². The first kappa shape index (κ1) is 19.6. The second kappa shape index (κ2) is 8.72. The van der Waals surface area contributed by atoms with Gasteiger partial charge >= 0.3 is 5.97 Å². The summed E-state index contributed by atoms with van der Waals surface area (Å²) in [6.07, 6.45) is 0. The summed E-state index contributed by atoms with van der Waals surface area (Å²) in [6.45, 7) is 1.58. The number of esters is 1. The summed E-state index contributed by atoms with van der Waals surface area (Å²) >= 11 is 5.92. The second-order valence-corrected chi connectivity index (χ2v) is 6.75. The quantitative estimate of drug-likeness (QED) is 0.629. The lowest BCUT2D eigenvalue weighted by atomic mass is 9.85. The first-order chi connectivity index (χ1) is 13.5. The molecule has 3 aromatic carbocycles. The Morgan fingerprint density at radius 2 is 1.36 bits per heavy atom. The molecule has 0 heterocycles. The lowest BCUT2D eigenvalue weighted by Crippen LogP contribution is -2.48. The first-order valence-corrected chi connectivity index (χ1v) is 9.23. The molecule has 0 saturated heterocycles. The van der Waals surface area contributed by atoms with Crippen molar-refractivity contribution in [2.45, 2.75) is 19.1 Å². The smallest absolute Gasteiger partial charge is 0.304 e. The van der Waals surface area contributed by atoms with Gasteiger partial charge in [-0.1, -0.05) is 84.4 Å². The largest absolute Gasteiger partial charge is 0.439 e. The van der Waals surface area contributed by atoms with E-state index in [1.165, 1.54) is 6.92 Å². The predicted molar refractivity (Wildman–Crippen MR) is 109 cm³/mol. The fourth-order valence-corrected chi connectivity index (χ4v) is 3.19. The molecule has 0 saturated carbocycles. The van der Waals surface area contributed by atoms with E-state index >= 15 is 0 Å². The summed E-state index contributed by atoms with van der Waals surface area (Å²) < 4.78 is 5.71. The van der Waals surface area contributed by atoms with Crippen molar-refractivity contribution in [2.24, 2.45) is 0 Å². The molecule has 0 bridgehead atoms. The fourth-order valence-electron chi connectivity index (χ4n) is 3.06. The number of carbonyl (C=O) groups is 2. The molecule has 4 nitrogen and oxygen atoms in total. The molecule has 28 heavy (non-hydrogen) atoms. The number of carbonyl (C=O) groups excluding carboxylic acids is 2. The van der Waals surface area contributed by atoms with Crippen molar-refractivity contribution in [1.82, 2.24) is 5.32 Å². The third-order valence-corrected chi connectivity index (χ3v) is 4.60. The Morgan fingerprint density at radius 1 is 0.857 bits per heavy atom. The Kier molecular flexibility index (Phi) is 6.12. The number of hydrogen-bond acceptors (Lipinski definition) is 3. The minimum atomic E-state index is -1.58. The summed E-state index contributed by atoms with van der Waals surface area (Å²) in [7, 11) is 0. The van der Waals surface area contributed by atoms with Crippen molar-refractivity contribution in [3.05, 3.63) is 107 Å². The Hall–Kier alpha value is -3.11. The van der Waals surface area contributed by atoms with Crippen LogP contribution in [-0.4, -0.2) is 11.9 Å². The van der Waals surface area contributed by atoms with Gasteiger partial charge < -0.3 is 10.1 Å². The molecule has 3 rings (SSSR count). The maximum absolute atomic E-state index is 13.4. The van der Waals surface area contributed by atoms with Crippen LogP contribution in [0.4, 0.5) is 0 Å². The monoisotopic (exact) mass is 393 g/mol. The van der Waals surface area contributed by atoms with Crippen LogP contribution in [0.3, 0.4) is 0 Å². The third-order valence-electron chi connectivity index (χ3n) is 4.34. The van der Waals surface area contributed by atoms with Gasteiger partial charge in [0.05, 0.1) is 0 Å². The third kappa shape index (κ3) is 4.24. The zero-order chi connectivity index (χ0) is 20.0. The van der Waals surface area contributed by atoms with Gasteiger partial charge in [0.2, 0.25) is 5.60 Å². The van der Waals surface area contributed by atoms with E-state index in [0.29, 0.717) is 16.1 Å². The predicted octanol–water partition coefficient (Wildman–Crippen LogP) is 4.46. The molecule has 0 aliphatic carbocycles. The number of rotatable bonds is 6. The summed E-state index contributed by atoms with van der Waals surface area (Å²) in [4.78, 5) is 25.4. The van der Waals surface area contributed by atoms with Crippen LogP contribution in [0.2, 0.25) is 5.02 Å². The molecule has 3 aromatic rings. The minimum absolute atomic E-state index is 0.276. The lowest BCUT2D eigenvalue weighted by molar-refractivity contribution is -0.163. The van der Waals surface area contributed by atoms with E-state index in [4.69, 9.17) is 16.3 Å². The standard InChI is InChI=1S/C23H20ClNO3/c1-17(26)28-23(19-8-4-2-5-9-19,20-10-6-3-7-11-20)22(27)25-16-18-12-14-21(24)15-13-18/h2-15H,16H2,1H3,(H,25,27). The minimum Gasteiger partial charge on any atom is -0.439 e. The molecular weight excluding hydrogens is 374 g/mol. The highest BCUT2D eigenvalue weighted by atomic mass is 35.5. The van der Waals surface area contributed by atoms with Crippen molar-refractivity contribution in [3.8, 4) is 0 Å². The van der Waals surface area contributed by atoms with E-state index in [0.717, 1.165) is 5.56 Å². The Morgan fingerprint density at radius 3 is 1.82 bits per heavy atom. The van der Waals surface area contributed by atoms with Gasteiger partial charge in [0, 0.05) is 29.6 Å². The zero-order valence-electron chi connectivity index (χ0n) is 15.4. The van der Waals surface area contributed by atoms with Crippen LogP contribution in [0.15, 0.2) is 84.9 Å². The van der Waals surface area contributed by atoms with E-state index in [9.17, 15) is 9.59 Å². The van der Waals surface area contributed by atoms with Gasteiger partial charge in [-0.3, -0.25) is 9.59 Å². The van der Waals surface area contributed by atoms with Crippen LogP contribution in [0.5, 0.6) is 0 Å². The van der Waals surface area contributed by atoms with Gasteiger partial charge in [0.25, 0.3) is 5.91 Å². The zero-order valence-corrected chi connectivity index (χ0v) is 16.1. The van der Waals surface area contributed by atoms with Crippen molar-refractivity contribution in [2.75, 3.05) is 0 Å². The van der Waals surface area contributed by atoms with Gasteiger partial charge in [0.1, 0.15) is 0 Å². The van der Waals surface area contributed by atoms with E-state index < -0.39 is 17.5 Å². The van der Waals surface area contributed by atoms with E-state index in [2.05, 4.69) is 5.32 Å². The number of hydrogen-bond donors (Lipinski definition) is 1. The maximum Gasteiger partial charge on any atom is 0.304 e. The van der Waals surface area contributed by atoms with Crippen molar-refractivity contribution >= 4 is 23.5 Å². The van der Waals surface area contributed by atoms with E-state index in [-0.39, 0.29) is 6.54 Å². The van der Waals surface area contributed by atoms with Crippen LogP contribution >= 0.6 is 11.6 Å². The highest BCUT2D eigenvalue weighted by molar-refractivity contribution is 6.30. The molecule has 5 heteroatoms. The normalized spacial score (nSPS) is 10.9. The molecule has 0 aliphatic heterocycles. The van der Waals surface area contributed by atoms with Crippen LogP contribution in [0.25, 0.3) is 0 Å². The topological polar surface area (TPSA) is 55.4 Å². The first-order valence-electron chi connectivity index (χ1n) is 8.86. The fraction of sp³-hybridized carbons (Fsp3) is 0.130. The van der Waals surface area contributed by atoms with Crippen LogP contribution in [0, 0.1) is 0 Å². The molecule has 0 fully saturated rings. The van der Waals surface area contributed by atoms with E-state index in [1.807, 2.05) is 48.5 Å². The molecule has 1 amide bonds. The van der Waals surface area contributed by atoms with Crippen molar-refractivity contribution in [3.63, 3.8) is 0 Å². The summed E-state index contributed by atoms with van der Waals surface area (Å²) in [5, 5.41) is 3.53. The highest BCUT2D eigenvalue weighted by Crippen LogP contribution is 2.34. The summed E-state index contributed by atoms with van der Waals surface area (Å²) in [5.74, 6) is -0.968. The van der Waals surface area contributed by atoms with Gasteiger partial charge in [-0.15, -0.1) is 0 Å². The molecule has 0 unspecified atom stereocenters. The molecule has 0 radical (unpaired) electrons.